The van der Waals surface area contributed by atoms with Crippen molar-refractivity contribution in [2.45, 2.75) is 51.3 Å². The molecule has 1 atom stereocenters. The van der Waals surface area contributed by atoms with Crippen molar-refractivity contribution in [3.63, 3.8) is 0 Å². The van der Waals surface area contributed by atoms with Gasteiger partial charge in [-0.15, -0.1) is 0 Å². The van der Waals surface area contributed by atoms with Crippen LogP contribution < -0.4 is 11.1 Å². The van der Waals surface area contributed by atoms with Crippen LogP contribution in [0.15, 0.2) is 0 Å². The molecule has 5 heteroatoms. The third-order valence-corrected chi connectivity index (χ3v) is 3.51. The van der Waals surface area contributed by atoms with Gasteiger partial charge in [-0.1, -0.05) is 0 Å². The van der Waals surface area contributed by atoms with Gasteiger partial charge in [-0.3, -0.25) is 9.69 Å². The van der Waals surface area contributed by atoms with E-state index in [1.54, 1.807) is 6.92 Å². The van der Waals surface area contributed by atoms with Gasteiger partial charge in [0, 0.05) is 19.1 Å². The highest BCUT2D eigenvalue weighted by Gasteiger charge is 2.27. The molecule has 1 saturated heterocycles. The Morgan fingerprint density at radius 1 is 1.53 bits per heavy atom. The number of likely N-dealkylation sites (tertiary alicyclic amines) is 1. The predicted molar refractivity (Wildman–Crippen MR) is 67.6 cm³/mol. The second-order valence-electron chi connectivity index (χ2n) is 5.56. The minimum absolute atomic E-state index is 0.0358. The quantitative estimate of drug-likeness (QED) is 0.632. The van der Waals surface area contributed by atoms with Gasteiger partial charge in [-0.25, -0.2) is 0 Å². The summed E-state index contributed by atoms with van der Waals surface area (Å²) >= 11 is 0. The van der Waals surface area contributed by atoms with Gasteiger partial charge in [-0.2, -0.15) is 0 Å². The molecule has 1 unspecified atom stereocenters. The molecule has 0 aromatic carbocycles. The summed E-state index contributed by atoms with van der Waals surface area (Å²) in [5.41, 5.74) is 5.23. The van der Waals surface area contributed by atoms with Gasteiger partial charge in [0.1, 0.15) is 0 Å². The molecule has 1 fully saturated rings. The van der Waals surface area contributed by atoms with E-state index in [1.165, 1.54) is 0 Å². The largest absolute Gasteiger partial charge is 0.391 e. The normalized spacial score (nSPS) is 21.2. The van der Waals surface area contributed by atoms with Crippen molar-refractivity contribution in [3.05, 3.63) is 0 Å². The second kappa shape index (κ2) is 5.80. The maximum Gasteiger partial charge on any atom is 0.234 e. The monoisotopic (exact) mass is 243 g/mol. The Balaban J connectivity index is 2.35. The highest BCUT2D eigenvalue weighted by atomic mass is 16.3. The topological polar surface area (TPSA) is 78.6 Å². The molecule has 4 N–H and O–H groups in total. The summed E-state index contributed by atoms with van der Waals surface area (Å²) in [5, 5.41) is 12.4. The molecule has 1 aliphatic heterocycles. The summed E-state index contributed by atoms with van der Waals surface area (Å²) < 4.78 is 0. The van der Waals surface area contributed by atoms with Crippen LogP contribution in [0.2, 0.25) is 0 Å². The van der Waals surface area contributed by atoms with Gasteiger partial charge >= 0.3 is 0 Å². The molecular weight excluding hydrogens is 218 g/mol. The fourth-order valence-electron chi connectivity index (χ4n) is 1.82. The molecule has 0 bridgehead atoms. The van der Waals surface area contributed by atoms with Crippen LogP contribution in [0, 0.1) is 0 Å². The van der Waals surface area contributed by atoms with Gasteiger partial charge < -0.3 is 16.2 Å². The zero-order chi connectivity index (χ0) is 13.1. The van der Waals surface area contributed by atoms with Crippen molar-refractivity contribution in [3.8, 4) is 0 Å². The van der Waals surface area contributed by atoms with Crippen LogP contribution >= 0.6 is 0 Å². The van der Waals surface area contributed by atoms with Crippen molar-refractivity contribution < 1.29 is 9.90 Å². The fourth-order valence-corrected chi connectivity index (χ4v) is 1.82. The molecule has 0 spiro atoms. The standard InChI is InChI=1S/C12H25N3O2/c1-9(16)12(2,3)14-11(17)8-15-6-4-10(13)5-7-15/h9-10,16H,4-8,13H2,1-3H3,(H,14,17). The maximum absolute atomic E-state index is 11.8. The Morgan fingerprint density at radius 2 is 2.06 bits per heavy atom. The van der Waals surface area contributed by atoms with E-state index in [-0.39, 0.29) is 11.9 Å². The van der Waals surface area contributed by atoms with E-state index in [1.807, 2.05) is 13.8 Å². The lowest BCUT2D eigenvalue weighted by molar-refractivity contribution is -0.125. The van der Waals surface area contributed by atoms with Gasteiger partial charge in [0.15, 0.2) is 0 Å². The summed E-state index contributed by atoms with van der Waals surface area (Å²) in [5.74, 6) is -0.0358. The maximum atomic E-state index is 11.8. The van der Waals surface area contributed by atoms with Crippen molar-refractivity contribution in [2.75, 3.05) is 19.6 Å². The molecule has 0 aliphatic carbocycles. The van der Waals surface area contributed by atoms with Crippen LogP contribution in [-0.2, 0) is 4.79 Å². The van der Waals surface area contributed by atoms with Crippen molar-refractivity contribution in [1.29, 1.82) is 0 Å². The summed E-state index contributed by atoms with van der Waals surface area (Å²) in [7, 11) is 0. The average molecular weight is 243 g/mol. The first-order valence-corrected chi connectivity index (χ1v) is 6.28. The van der Waals surface area contributed by atoms with Crippen molar-refractivity contribution >= 4 is 5.91 Å². The SMILES string of the molecule is CC(O)C(C)(C)NC(=O)CN1CCC(N)CC1. The summed E-state index contributed by atoms with van der Waals surface area (Å²) in [6.07, 6.45) is 1.33. The number of hydrogen-bond acceptors (Lipinski definition) is 4. The average Bonchev–Trinajstić information content (AvgIpc) is 2.20. The van der Waals surface area contributed by atoms with Gasteiger partial charge in [0.05, 0.1) is 18.2 Å². The van der Waals surface area contributed by atoms with Crippen molar-refractivity contribution in [2.24, 2.45) is 5.73 Å². The van der Waals surface area contributed by atoms with Gasteiger partial charge in [-0.05, 0) is 33.6 Å². The molecule has 0 radical (unpaired) electrons. The molecule has 0 aromatic rings. The van der Waals surface area contributed by atoms with E-state index >= 15 is 0 Å². The van der Waals surface area contributed by atoms with Crippen LogP contribution in [0.3, 0.4) is 0 Å². The summed E-state index contributed by atoms with van der Waals surface area (Å²) in [6, 6.07) is 0.281. The Hall–Kier alpha value is -0.650. The third-order valence-electron chi connectivity index (χ3n) is 3.51. The minimum atomic E-state index is -0.580. The van der Waals surface area contributed by atoms with Crippen LogP contribution in [0.5, 0.6) is 0 Å². The van der Waals surface area contributed by atoms with E-state index in [0.717, 1.165) is 25.9 Å². The Bertz CT molecular complexity index is 258. The molecule has 0 saturated carbocycles. The van der Waals surface area contributed by atoms with E-state index in [9.17, 15) is 9.90 Å². The number of nitrogens with two attached hydrogens (primary N) is 1. The predicted octanol–water partition coefficient (Wildman–Crippen LogP) is -0.315. The first kappa shape index (κ1) is 14.4. The number of piperidine rings is 1. The number of amides is 1. The lowest BCUT2D eigenvalue weighted by Crippen LogP contribution is -2.54. The smallest absolute Gasteiger partial charge is 0.234 e. The van der Waals surface area contributed by atoms with Crippen molar-refractivity contribution in [1.82, 2.24) is 10.2 Å². The van der Waals surface area contributed by atoms with E-state index in [2.05, 4.69) is 10.2 Å². The first-order valence-electron chi connectivity index (χ1n) is 6.28. The Morgan fingerprint density at radius 3 is 2.53 bits per heavy atom. The molecule has 0 aromatic heterocycles. The second-order valence-corrected chi connectivity index (χ2v) is 5.56. The molecule has 17 heavy (non-hydrogen) atoms. The molecule has 1 aliphatic rings. The lowest BCUT2D eigenvalue weighted by atomic mass is 9.99. The van der Waals surface area contributed by atoms with Crippen LogP contribution in [0.25, 0.3) is 0 Å². The van der Waals surface area contributed by atoms with Crippen LogP contribution in [-0.4, -0.2) is 53.2 Å². The lowest BCUT2D eigenvalue weighted by Gasteiger charge is -2.33. The Labute approximate surface area is 103 Å². The number of carbonyl (C=O) groups is 1. The molecule has 1 rings (SSSR count). The zero-order valence-electron chi connectivity index (χ0n) is 11.1. The van der Waals surface area contributed by atoms with Crippen LogP contribution in [0.1, 0.15) is 33.6 Å². The number of carbonyl (C=O) groups excluding carboxylic acids is 1. The zero-order valence-corrected chi connectivity index (χ0v) is 11.1. The first-order chi connectivity index (χ1) is 7.81. The number of rotatable bonds is 4. The summed E-state index contributed by atoms with van der Waals surface area (Å²) in [4.78, 5) is 13.9. The van der Waals surface area contributed by atoms with Gasteiger partial charge in [0.25, 0.3) is 0 Å². The Kier molecular flexibility index (Phi) is 4.91. The fraction of sp³-hybridized carbons (Fsp3) is 0.917. The summed E-state index contributed by atoms with van der Waals surface area (Å²) in [6.45, 7) is 7.47. The van der Waals surface area contributed by atoms with E-state index in [4.69, 9.17) is 5.73 Å². The number of nitrogens with zero attached hydrogens (tertiary/aromatic N) is 1. The highest BCUT2D eigenvalue weighted by Crippen LogP contribution is 2.10. The molecule has 1 heterocycles. The molecule has 100 valence electrons. The number of aliphatic hydroxyl groups excluding tert-OH is 1. The number of aliphatic hydroxyl groups is 1. The molecule has 5 nitrogen and oxygen atoms in total. The third kappa shape index (κ3) is 4.61. The van der Waals surface area contributed by atoms with Crippen LogP contribution in [0.4, 0.5) is 0 Å². The van der Waals surface area contributed by atoms with Gasteiger partial charge in [0.2, 0.25) is 5.91 Å². The number of hydrogen-bond donors (Lipinski definition) is 3. The van der Waals surface area contributed by atoms with E-state index in [0.29, 0.717) is 6.54 Å². The highest BCUT2D eigenvalue weighted by molar-refractivity contribution is 5.78. The van der Waals surface area contributed by atoms with E-state index < -0.39 is 11.6 Å². The number of nitrogens with one attached hydrogen (secondary N) is 1. The minimum Gasteiger partial charge on any atom is -0.391 e. The molecular formula is C12H25N3O2. The molecule has 1 amide bonds.